The van der Waals surface area contributed by atoms with Crippen LogP contribution in [0.1, 0.15) is 12.8 Å². The van der Waals surface area contributed by atoms with Gasteiger partial charge in [0, 0.05) is 11.1 Å². The number of sulfonamides is 1. The molecule has 134 valence electrons. The van der Waals surface area contributed by atoms with Crippen molar-refractivity contribution < 1.29 is 8.42 Å². The van der Waals surface area contributed by atoms with Gasteiger partial charge in [-0.15, -0.1) is 0 Å². The van der Waals surface area contributed by atoms with Crippen molar-refractivity contribution >= 4 is 44.6 Å². The molecule has 0 saturated carbocycles. The van der Waals surface area contributed by atoms with E-state index in [4.69, 9.17) is 23.2 Å². The summed E-state index contributed by atoms with van der Waals surface area (Å²) >= 11 is 12.1. The van der Waals surface area contributed by atoms with Gasteiger partial charge in [-0.3, -0.25) is 4.72 Å². The highest BCUT2D eigenvalue weighted by Crippen LogP contribution is 2.28. The third-order valence-electron chi connectivity index (χ3n) is 4.04. The Bertz CT molecular complexity index is 835. The summed E-state index contributed by atoms with van der Waals surface area (Å²) in [5.74, 6) is 0. The Morgan fingerprint density at radius 2 is 1.68 bits per heavy atom. The van der Waals surface area contributed by atoms with Crippen LogP contribution in [0.3, 0.4) is 0 Å². The van der Waals surface area contributed by atoms with Crippen molar-refractivity contribution in [1.82, 2.24) is 5.32 Å². The lowest BCUT2D eigenvalue weighted by Gasteiger charge is -2.25. The van der Waals surface area contributed by atoms with E-state index in [1.54, 1.807) is 30.3 Å². The first-order valence-corrected chi connectivity index (χ1v) is 10.2. The lowest BCUT2D eigenvalue weighted by atomic mass is 10.1. The summed E-state index contributed by atoms with van der Waals surface area (Å²) in [6.07, 6.45) is 1.99. The van der Waals surface area contributed by atoms with Gasteiger partial charge in [0.15, 0.2) is 0 Å². The molecule has 3 rings (SSSR count). The molecule has 1 heterocycles. The topological polar surface area (TPSA) is 70.2 Å². The summed E-state index contributed by atoms with van der Waals surface area (Å²) in [6.45, 7) is 1.91. The predicted molar refractivity (Wildman–Crippen MR) is 103 cm³/mol. The van der Waals surface area contributed by atoms with Crippen LogP contribution >= 0.6 is 23.2 Å². The third kappa shape index (κ3) is 4.79. The van der Waals surface area contributed by atoms with Gasteiger partial charge in [-0.05, 0) is 68.4 Å². The summed E-state index contributed by atoms with van der Waals surface area (Å²) in [7, 11) is -3.68. The van der Waals surface area contributed by atoms with E-state index in [9.17, 15) is 8.42 Å². The fraction of sp³-hybridized carbons (Fsp3) is 0.294. The zero-order valence-electron chi connectivity index (χ0n) is 13.4. The Morgan fingerprint density at radius 1 is 1.00 bits per heavy atom. The van der Waals surface area contributed by atoms with Crippen molar-refractivity contribution in [2.24, 2.45) is 0 Å². The average Bonchev–Trinajstić information content (AvgIpc) is 2.59. The monoisotopic (exact) mass is 399 g/mol. The zero-order valence-corrected chi connectivity index (χ0v) is 15.8. The van der Waals surface area contributed by atoms with Crippen LogP contribution in [0.15, 0.2) is 47.4 Å². The van der Waals surface area contributed by atoms with Crippen LogP contribution in [0.4, 0.5) is 11.4 Å². The quantitative estimate of drug-likeness (QED) is 0.711. The molecule has 0 atom stereocenters. The van der Waals surface area contributed by atoms with Crippen molar-refractivity contribution in [3.8, 4) is 0 Å². The maximum absolute atomic E-state index is 12.5. The number of halogens is 2. The molecule has 25 heavy (non-hydrogen) atoms. The molecule has 1 aliphatic heterocycles. The molecule has 1 fully saturated rings. The molecule has 0 amide bonds. The normalized spacial score (nSPS) is 15.8. The molecule has 0 bridgehead atoms. The van der Waals surface area contributed by atoms with E-state index in [0.717, 1.165) is 31.6 Å². The minimum atomic E-state index is -3.68. The second kappa shape index (κ2) is 7.83. The second-order valence-electron chi connectivity index (χ2n) is 5.92. The van der Waals surface area contributed by atoms with Crippen molar-refractivity contribution in [1.29, 1.82) is 0 Å². The first-order chi connectivity index (χ1) is 11.9. The van der Waals surface area contributed by atoms with E-state index < -0.39 is 10.0 Å². The number of hydrogen-bond acceptors (Lipinski definition) is 4. The maximum Gasteiger partial charge on any atom is 0.261 e. The van der Waals surface area contributed by atoms with E-state index in [0.29, 0.717) is 21.8 Å². The van der Waals surface area contributed by atoms with E-state index in [1.165, 1.54) is 12.1 Å². The molecule has 0 unspecified atom stereocenters. The van der Waals surface area contributed by atoms with E-state index in [2.05, 4.69) is 15.4 Å². The van der Waals surface area contributed by atoms with Crippen molar-refractivity contribution in [3.63, 3.8) is 0 Å². The molecule has 5 nitrogen and oxygen atoms in total. The first-order valence-electron chi connectivity index (χ1n) is 7.99. The summed E-state index contributed by atoms with van der Waals surface area (Å²) in [5, 5.41) is 7.75. The van der Waals surface area contributed by atoms with Crippen LogP contribution in [0.2, 0.25) is 10.0 Å². The Balaban J connectivity index is 1.78. The van der Waals surface area contributed by atoms with Crippen molar-refractivity contribution in [2.75, 3.05) is 23.1 Å². The zero-order chi connectivity index (χ0) is 17.9. The molecule has 2 aromatic rings. The van der Waals surface area contributed by atoms with Gasteiger partial charge in [-0.25, -0.2) is 8.42 Å². The van der Waals surface area contributed by atoms with Gasteiger partial charge < -0.3 is 10.6 Å². The van der Waals surface area contributed by atoms with Gasteiger partial charge in [0.2, 0.25) is 0 Å². The van der Waals surface area contributed by atoms with Crippen molar-refractivity contribution in [3.05, 3.63) is 52.5 Å². The van der Waals surface area contributed by atoms with Crippen LogP contribution in [-0.2, 0) is 10.0 Å². The minimum Gasteiger partial charge on any atom is -0.381 e. The van der Waals surface area contributed by atoms with Gasteiger partial charge >= 0.3 is 0 Å². The van der Waals surface area contributed by atoms with Crippen LogP contribution < -0.4 is 15.4 Å². The molecule has 1 saturated heterocycles. The number of hydrogen-bond donors (Lipinski definition) is 3. The highest BCUT2D eigenvalue weighted by molar-refractivity contribution is 7.92. The second-order valence-corrected chi connectivity index (χ2v) is 8.45. The number of benzene rings is 2. The summed E-state index contributed by atoms with van der Waals surface area (Å²) in [5.41, 5.74) is 1.18. The number of anilines is 2. The Labute approximate surface area is 157 Å². The lowest BCUT2D eigenvalue weighted by molar-refractivity contribution is 0.479. The third-order valence-corrected chi connectivity index (χ3v) is 6.02. The predicted octanol–water partition coefficient (Wildman–Crippen LogP) is 3.96. The fourth-order valence-corrected chi connectivity index (χ4v) is 4.06. The van der Waals surface area contributed by atoms with Gasteiger partial charge in [-0.2, -0.15) is 0 Å². The average molecular weight is 400 g/mol. The van der Waals surface area contributed by atoms with Gasteiger partial charge in [0.25, 0.3) is 10.0 Å². The number of piperidine rings is 1. The fourth-order valence-electron chi connectivity index (χ4n) is 2.71. The minimum absolute atomic E-state index is 0.153. The standard InChI is InChI=1S/C17H19Cl2N3O2S/c18-12-1-4-15(5-2-12)25(23,24)22-14-3-6-16(19)17(11-14)21-13-7-9-20-10-8-13/h1-6,11,13,20-22H,7-10H2. The summed E-state index contributed by atoms with van der Waals surface area (Å²) in [4.78, 5) is 0.153. The first kappa shape index (κ1) is 18.3. The molecule has 0 spiro atoms. The Kier molecular flexibility index (Phi) is 5.74. The van der Waals surface area contributed by atoms with E-state index in [-0.39, 0.29) is 4.90 Å². The van der Waals surface area contributed by atoms with E-state index in [1.807, 2.05) is 0 Å². The maximum atomic E-state index is 12.5. The highest BCUT2D eigenvalue weighted by Gasteiger charge is 2.17. The molecule has 0 radical (unpaired) electrons. The van der Waals surface area contributed by atoms with Gasteiger partial charge in [-0.1, -0.05) is 23.2 Å². The van der Waals surface area contributed by atoms with Crippen LogP contribution in [0.25, 0.3) is 0 Å². The molecule has 1 aliphatic rings. The molecule has 0 aromatic heterocycles. The van der Waals surface area contributed by atoms with Gasteiger partial charge in [0.1, 0.15) is 0 Å². The molecule has 2 aromatic carbocycles. The molecule has 8 heteroatoms. The van der Waals surface area contributed by atoms with Crippen molar-refractivity contribution in [2.45, 2.75) is 23.8 Å². The Hall–Kier alpha value is -1.47. The molecular weight excluding hydrogens is 381 g/mol. The summed E-state index contributed by atoms with van der Waals surface area (Å²) < 4.78 is 27.5. The highest BCUT2D eigenvalue weighted by atomic mass is 35.5. The molecule has 0 aliphatic carbocycles. The Morgan fingerprint density at radius 3 is 2.36 bits per heavy atom. The van der Waals surface area contributed by atoms with Gasteiger partial charge in [0.05, 0.1) is 21.3 Å². The SMILES string of the molecule is O=S(=O)(Nc1ccc(Cl)c(NC2CCNCC2)c1)c1ccc(Cl)cc1. The summed E-state index contributed by atoms with van der Waals surface area (Å²) in [6, 6.07) is 11.4. The van der Waals surface area contributed by atoms with E-state index >= 15 is 0 Å². The van der Waals surface area contributed by atoms with Crippen LogP contribution in [-0.4, -0.2) is 27.5 Å². The van der Waals surface area contributed by atoms with Crippen LogP contribution in [0.5, 0.6) is 0 Å². The number of rotatable bonds is 5. The lowest BCUT2D eigenvalue weighted by Crippen LogP contribution is -2.35. The number of nitrogens with one attached hydrogen (secondary N) is 3. The largest absolute Gasteiger partial charge is 0.381 e. The molecule has 3 N–H and O–H groups in total. The molecular formula is C17H19Cl2N3O2S. The van der Waals surface area contributed by atoms with Crippen LogP contribution in [0, 0.1) is 0 Å². The smallest absolute Gasteiger partial charge is 0.261 e.